The summed E-state index contributed by atoms with van der Waals surface area (Å²) in [6, 6.07) is 13.6. The van der Waals surface area contributed by atoms with Crippen LogP contribution in [0.2, 0.25) is 0 Å². The van der Waals surface area contributed by atoms with Gasteiger partial charge in [0.25, 0.3) is 0 Å². The number of benzene rings is 2. The molecule has 0 radical (unpaired) electrons. The van der Waals surface area contributed by atoms with Crippen molar-refractivity contribution in [2.45, 2.75) is 25.4 Å². The van der Waals surface area contributed by atoms with Crippen LogP contribution < -0.4 is 10.1 Å². The zero-order valence-corrected chi connectivity index (χ0v) is 11.5. The topological polar surface area (TPSA) is 21.3 Å². The largest absolute Gasteiger partial charge is 0.496 e. The fourth-order valence-corrected chi connectivity index (χ4v) is 2.28. The van der Waals surface area contributed by atoms with Gasteiger partial charge in [0.2, 0.25) is 0 Å². The Morgan fingerprint density at radius 2 is 2.00 bits per heavy atom. The van der Waals surface area contributed by atoms with Crippen LogP contribution in [0.25, 0.3) is 11.1 Å². The molecule has 0 saturated heterocycles. The molecule has 3 heteroatoms. The maximum atomic E-state index is 14.2. The summed E-state index contributed by atoms with van der Waals surface area (Å²) in [4.78, 5) is 0. The highest BCUT2D eigenvalue weighted by atomic mass is 19.1. The van der Waals surface area contributed by atoms with Gasteiger partial charge >= 0.3 is 0 Å². The van der Waals surface area contributed by atoms with Crippen LogP contribution in [-0.4, -0.2) is 13.2 Å². The predicted molar refractivity (Wildman–Crippen MR) is 78.2 cm³/mol. The maximum Gasteiger partial charge on any atom is 0.128 e. The Morgan fingerprint density at radius 3 is 2.70 bits per heavy atom. The zero-order valence-electron chi connectivity index (χ0n) is 11.5. The molecule has 0 amide bonds. The third-order valence-electron chi connectivity index (χ3n) is 3.63. The van der Waals surface area contributed by atoms with Crippen LogP contribution in [0, 0.1) is 5.82 Å². The molecule has 0 unspecified atom stereocenters. The Balaban J connectivity index is 1.85. The van der Waals surface area contributed by atoms with Crippen molar-refractivity contribution in [3.8, 4) is 16.9 Å². The van der Waals surface area contributed by atoms with Gasteiger partial charge in [-0.2, -0.15) is 0 Å². The quantitative estimate of drug-likeness (QED) is 0.894. The number of nitrogens with one attached hydrogen (secondary N) is 1. The van der Waals surface area contributed by atoms with Crippen molar-refractivity contribution < 1.29 is 9.13 Å². The number of methoxy groups -OCH3 is 1. The molecule has 0 heterocycles. The summed E-state index contributed by atoms with van der Waals surface area (Å²) in [6.07, 6.45) is 2.42. The van der Waals surface area contributed by atoms with E-state index in [-0.39, 0.29) is 5.82 Å². The average Bonchev–Trinajstić information content (AvgIpc) is 3.30. The lowest BCUT2D eigenvalue weighted by atomic mass is 10.0. The Morgan fingerprint density at radius 1 is 1.20 bits per heavy atom. The summed E-state index contributed by atoms with van der Waals surface area (Å²) in [7, 11) is 1.63. The van der Waals surface area contributed by atoms with Crippen LogP contribution in [0.15, 0.2) is 42.5 Å². The van der Waals surface area contributed by atoms with E-state index in [1.165, 1.54) is 12.8 Å². The molecule has 0 aliphatic heterocycles. The fourth-order valence-electron chi connectivity index (χ4n) is 2.28. The van der Waals surface area contributed by atoms with E-state index in [9.17, 15) is 4.39 Å². The van der Waals surface area contributed by atoms with E-state index in [0.29, 0.717) is 12.6 Å². The normalized spacial score (nSPS) is 14.3. The Labute approximate surface area is 118 Å². The minimum absolute atomic E-state index is 0.165. The number of para-hydroxylation sites is 1. The minimum Gasteiger partial charge on any atom is -0.496 e. The van der Waals surface area contributed by atoms with Crippen LogP contribution in [0.5, 0.6) is 5.75 Å². The third kappa shape index (κ3) is 2.83. The van der Waals surface area contributed by atoms with Crippen LogP contribution in [0.4, 0.5) is 4.39 Å². The lowest BCUT2D eigenvalue weighted by molar-refractivity contribution is 0.416. The summed E-state index contributed by atoms with van der Waals surface area (Å²) in [5.74, 6) is 0.595. The van der Waals surface area contributed by atoms with Gasteiger partial charge in [-0.3, -0.25) is 0 Å². The first-order valence-corrected chi connectivity index (χ1v) is 6.93. The zero-order chi connectivity index (χ0) is 13.9. The number of hydrogen-bond donors (Lipinski definition) is 1. The highest BCUT2D eigenvalue weighted by Gasteiger charge is 2.20. The highest BCUT2D eigenvalue weighted by Crippen LogP contribution is 2.30. The van der Waals surface area contributed by atoms with E-state index in [2.05, 4.69) is 5.32 Å². The van der Waals surface area contributed by atoms with Gasteiger partial charge in [-0.25, -0.2) is 4.39 Å². The number of hydrogen-bond acceptors (Lipinski definition) is 2. The molecule has 104 valence electrons. The SMILES string of the molecule is COc1ccccc1-c1ccc(CNC2CC2)c(F)c1. The maximum absolute atomic E-state index is 14.2. The van der Waals surface area contributed by atoms with Crippen LogP contribution in [0.3, 0.4) is 0 Å². The third-order valence-corrected chi connectivity index (χ3v) is 3.63. The lowest BCUT2D eigenvalue weighted by Gasteiger charge is -2.10. The van der Waals surface area contributed by atoms with Gasteiger partial charge in [0.15, 0.2) is 0 Å². The summed E-state index contributed by atoms with van der Waals surface area (Å²) >= 11 is 0. The smallest absolute Gasteiger partial charge is 0.128 e. The molecule has 2 nitrogen and oxygen atoms in total. The van der Waals surface area contributed by atoms with E-state index in [4.69, 9.17) is 4.74 Å². The van der Waals surface area contributed by atoms with Gasteiger partial charge in [0.05, 0.1) is 7.11 Å². The minimum atomic E-state index is -0.165. The van der Waals surface area contributed by atoms with Crippen molar-refractivity contribution in [3.63, 3.8) is 0 Å². The number of rotatable bonds is 5. The van der Waals surface area contributed by atoms with Gasteiger partial charge < -0.3 is 10.1 Å². The standard InChI is InChI=1S/C17H18FNO/c1-20-17-5-3-2-4-15(17)12-6-7-13(16(18)10-12)11-19-14-8-9-14/h2-7,10,14,19H,8-9,11H2,1H3. The van der Waals surface area contributed by atoms with Crippen LogP contribution in [0.1, 0.15) is 18.4 Å². The van der Waals surface area contributed by atoms with Crippen molar-refractivity contribution >= 4 is 0 Å². The van der Waals surface area contributed by atoms with Crippen LogP contribution in [-0.2, 0) is 6.54 Å². The number of halogens is 1. The molecule has 3 rings (SSSR count). The van der Waals surface area contributed by atoms with Gasteiger partial charge in [0.1, 0.15) is 11.6 Å². The van der Waals surface area contributed by atoms with Crippen molar-refractivity contribution in [2.24, 2.45) is 0 Å². The molecule has 0 spiro atoms. The molecule has 2 aromatic carbocycles. The molecular weight excluding hydrogens is 253 g/mol. The molecule has 1 fully saturated rings. The first-order valence-electron chi connectivity index (χ1n) is 6.93. The molecule has 0 atom stereocenters. The lowest BCUT2D eigenvalue weighted by Crippen LogP contribution is -2.16. The van der Waals surface area contributed by atoms with Crippen molar-refractivity contribution in [3.05, 3.63) is 53.8 Å². The van der Waals surface area contributed by atoms with E-state index in [0.717, 1.165) is 22.4 Å². The van der Waals surface area contributed by atoms with E-state index < -0.39 is 0 Å². The fraction of sp³-hybridized carbons (Fsp3) is 0.294. The summed E-state index contributed by atoms with van der Waals surface area (Å²) in [5.41, 5.74) is 2.47. The molecule has 1 N–H and O–H groups in total. The average molecular weight is 271 g/mol. The second-order valence-electron chi connectivity index (χ2n) is 5.16. The molecule has 0 aromatic heterocycles. The predicted octanol–water partition coefficient (Wildman–Crippen LogP) is 3.75. The van der Waals surface area contributed by atoms with E-state index in [1.807, 2.05) is 36.4 Å². The van der Waals surface area contributed by atoms with Gasteiger partial charge in [-0.15, -0.1) is 0 Å². The highest BCUT2D eigenvalue weighted by molar-refractivity contribution is 5.70. The van der Waals surface area contributed by atoms with Gasteiger partial charge in [0, 0.05) is 23.7 Å². The summed E-state index contributed by atoms with van der Waals surface area (Å²) < 4.78 is 19.5. The van der Waals surface area contributed by atoms with Crippen molar-refractivity contribution in [2.75, 3.05) is 7.11 Å². The van der Waals surface area contributed by atoms with E-state index >= 15 is 0 Å². The molecular formula is C17H18FNO. The van der Waals surface area contributed by atoms with Crippen molar-refractivity contribution in [1.82, 2.24) is 5.32 Å². The molecule has 2 aromatic rings. The second kappa shape index (κ2) is 5.63. The molecule has 1 aliphatic rings. The Hall–Kier alpha value is -1.87. The Kier molecular flexibility index (Phi) is 3.70. The van der Waals surface area contributed by atoms with Gasteiger partial charge in [-0.1, -0.05) is 30.3 Å². The molecule has 1 saturated carbocycles. The van der Waals surface area contributed by atoms with E-state index in [1.54, 1.807) is 13.2 Å². The Bertz CT molecular complexity index is 608. The summed E-state index contributed by atoms with van der Waals surface area (Å²) in [6.45, 7) is 0.600. The van der Waals surface area contributed by atoms with Crippen molar-refractivity contribution in [1.29, 1.82) is 0 Å². The number of ether oxygens (including phenoxy) is 1. The first-order chi connectivity index (χ1) is 9.78. The van der Waals surface area contributed by atoms with Crippen LogP contribution >= 0.6 is 0 Å². The second-order valence-corrected chi connectivity index (χ2v) is 5.16. The molecule has 20 heavy (non-hydrogen) atoms. The summed E-state index contributed by atoms with van der Waals surface area (Å²) in [5, 5.41) is 3.33. The van der Waals surface area contributed by atoms with Gasteiger partial charge in [-0.05, 0) is 30.5 Å². The molecule has 0 bridgehead atoms. The first kappa shape index (κ1) is 13.1. The monoisotopic (exact) mass is 271 g/mol. The molecule has 1 aliphatic carbocycles.